The lowest BCUT2D eigenvalue weighted by Gasteiger charge is -2.19. The number of carbonyl (C=O) groups is 2. The van der Waals surface area contributed by atoms with Gasteiger partial charge in [-0.15, -0.1) is 0 Å². The van der Waals surface area contributed by atoms with Crippen molar-refractivity contribution in [3.8, 4) is 23.0 Å². The second-order valence-corrected chi connectivity index (χ2v) is 9.50. The van der Waals surface area contributed by atoms with Crippen molar-refractivity contribution in [2.45, 2.75) is 39.2 Å². The normalized spacial score (nSPS) is 11.4. The highest BCUT2D eigenvalue weighted by Crippen LogP contribution is 2.30. The van der Waals surface area contributed by atoms with Crippen LogP contribution in [0.5, 0.6) is 23.0 Å². The van der Waals surface area contributed by atoms with Crippen LogP contribution in [0.2, 0.25) is 0 Å². The van der Waals surface area contributed by atoms with Crippen LogP contribution in [0.15, 0.2) is 97.1 Å². The predicted molar refractivity (Wildman–Crippen MR) is 155 cm³/mol. The van der Waals surface area contributed by atoms with Gasteiger partial charge in [0.25, 0.3) is 0 Å². The summed E-state index contributed by atoms with van der Waals surface area (Å²) in [6.45, 7) is 4.40. The number of aryl methyl sites for hydroxylation is 2. The van der Waals surface area contributed by atoms with E-state index in [0.29, 0.717) is 54.2 Å². The molecule has 0 aliphatic rings. The monoisotopic (exact) mass is 538 g/mol. The van der Waals surface area contributed by atoms with E-state index < -0.39 is 0 Å². The zero-order valence-electron chi connectivity index (χ0n) is 23.1. The van der Waals surface area contributed by atoms with E-state index in [2.05, 4.69) is 0 Å². The van der Waals surface area contributed by atoms with Crippen LogP contribution in [0, 0.1) is 6.92 Å². The van der Waals surface area contributed by atoms with Gasteiger partial charge < -0.3 is 18.9 Å². The van der Waals surface area contributed by atoms with E-state index in [4.69, 9.17) is 18.9 Å². The number of benzene rings is 4. The fraction of sp³-hybridized carbons (Fsp3) is 0.235. The number of esters is 1. The molecule has 0 amide bonds. The van der Waals surface area contributed by atoms with E-state index in [1.807, 2.05) is 80.6 Å². The van der Waals surface area contributed by atoms with Crippen molar-refractivity contribution >= 4 is 11.8 Å². The quantitative estimate of drug-likeness (QED) is 0.131. The molecule has 0 aromatic heterocycles. The maximum absolute atomic E-state index is 13.4. The molecule has 6 heteroatoms. The third-order valence-corrected chi connectivity index (χ3v) is 6.47. The Bertz CT molecular complexity index is 1420. The van der Waals surface area contributed by atoms with Crippen molar-refractivity contribution in [2.24, 2.45) is 0 Å². The first-order chi connectivity index (χ1) is 19.4. The number of hydrogen-bond acceptors (Lipinski definition) is 6. The minimum atomic E-state index is -0.222. The molecule has 1 atom stereocenters. The molecule has 0 fully saturated rings. The fourth-order valence-electron chi connectivity index (χ4n) is 4.22. The Kier molecular flexibility index (Phi) is 9.94. The lowest BCUT2D eigenvalue weighted by Crippen LogP contribution is -2.17. The van der Waals surface area contributed by atoms with Gasteiger partial charge in [-0.25, -0.2) is 0 Å². The molecule has 0 unspecified atom stereocenters. The van der Waals surface area contributed by atoms with Gasteiger partial charge in [-0.2, -0.15) is 0 Å². The van der Waals surface area contributed by atoms with Gasteiger partial charge in [0.05, 0.1) is 25.4 Å². The molecule has 0 bridgehead atoms. The average molecular weight is 539 g/mol. The molecule has 0 aliphatic heterocycles. The summed E-state index contributed by atoms with van der Waals surface area (Å²) in [6, 6.07) is 29.7. The summed E-state index contributed by atoms with van der Waals surface area (Å²) in [6.07, 6.45) is 1.39. The third-order valence-electron chi connectivity index (χ3n) is 6.47. The summed E-state index contributed by atoms with van der Waals surface area (Å²) >= 11 is 0. The molecule has 0 saturated heterocycles. The average Bonchev–Trinajstić information content (AvgIpc) is 2.98. The number of ketones is 1. The van der Waals surface area contributed by atoms with Crippen LogP contribution in [0.3, 0.4) is 0 Å². The molecule has 4 aromatic carbocycles. The Morgan fingerprint density at radius 1 is 0.800 bits per heavy atom. The molecular weight excluding hydrogens is 504 g/mol. The van der Waals surface area contributed by atoms with Gasteiger partial charge in [0.15, 0.2) is 5.78 Å². The maximum Gasteiger partial charge on any atom is 0.305 e. The first kappa shape index (κ1) is 28.4. The van der Waals surface area contributed by atoms with Crippen LogP contribution in [0.1, 0.15) is 46.8 Å². The van der Waals surface area contributed by atoms with Crippen molar-refractivity contribution in [1.82, 2.24) is 0 Å². The zero-order chi connectivity index (χ0) is 28.3. The van der Waals surface area contributed by atoms with Crippen molar-refractivity contribution in [3.63, 3.8) is 0 Å². The molecule has 4 rings (SSSR count). The van der Waals surface area contributed by atoms with Gasteiger partial charge in [-0.3, -0.25) is 9.59 Å². The molecule has 0 heterocycles. The first-order valence-corrected chi connectivity index (χ1v) is 13.4. The Morgan fingerprint density at radius 2 is 1.50 bits per heavy atom. The molecule has 6 nitrogen and oxygen atoms in total. The van der Waals surface area contributed by atoms with E-state index >= 15 is 0 Å². The summed E-state index contributed by atoms with van der Waals surface area (Å²) in [5.74, 6) is 2.13. The largest absolute Gasteiger partial charge is 0.493 e. The van der Waals surface area contributed by atoms with Crippen molar-refractivity contribution in [1.29, 1.82) is 0 Å². The van der Waals surface area contributed by atoms with Gasteiger partial charge in [0.2, 0.25) is 0 Å². The zero-order valence-corrected chi connectivity index (χ0v) is 23.1. The minimum absolute atomic E-state index is 0.139. The number of ether oxygens (including phenoxy) is 4. The second kappa shape index (κ2) is 14.0. The highest BCUT2D eigenvalue weighted by atomic mass is 16.5. The Labute approximate surface area is 235 Å². The second-order valence-electron chi connectivity index (χ2n) is 9.50. The molecule has 4 aromatic rings. The number of rotatable bonds is 13. The molecule has 0 saturated carbocycles. The fourth-order valence-corrected chi connectivity index (χ4v) is 4.22. The summed E-state index contributed by atoms with van der Waals surface area (Å²) in [4.78, 5) is 24.9. The molecule has 40 heavy (non-hydrogen) atoms. The van der Waals surface area contributed by atoms with Gasteiger partial charge in [0.1, 0.15) is 23.0 Å². The van der Waals surface area contributed by atoms with E-state index in [-0.39, 0.29) is 17.9 Å². The SMILES string of the molecule is COC(=O)CCc1ccc(OCC[C@@H](C)Oc2ccc(Oc3ccccc3)cc2C(=O)c2ccccc2)cc1C. The predicted octanol–water partition coefficient (Wildman–Crippen LogP) is 7.36. The molecule has 206 valence electrons. The van der Waals surface area contributed by atoms with Crippen LogP contribution >= 0.6 is 0 Å². The third kappa shape index (κ3) is 7.96. The molecular formula is C34H34O6. The molecule has 0 aliphatic carbocycles. The Hall–Kier alpha value is -4.58. The van der Waals surface area contributed by atoms with Crippen LogP contribution in [-0.4, -0.2) is 31.6 Å². The summed E-state index contributed by atoms with van der Waals surface area (Å²) < 4.78 is 22.9. The highest BCUT2D eigenvalue weighted by molar-refractivity contribution is 6.11. The molecule has 0 N–H and O–H groups in total. The summed E-state index contributed by atoms with van der Waals surface area (Å²) in [7, 11) is 1.40. The smallest absolute Gasteiger partial charge is 0.305 e. The summed E-state index contributed by atoms with van der Waals surface area (Å²) in [5, 5.41) is 0. The first-order valence-electron chi connectivity index (χ1n) is 13.4. The Balaban J connectivity index is 1.40. The lowest BCUT2D eigenvalue weighted by atomic mass is 10.0. The number of hydrogen-bond donors (Lipinski definition) is 0. The minimum Gasteiger partial charge on any atom is -0.493 e. The lowest BCUT2D eigenvalue weighted by molar-refractivity contribution is -0.140. The highest BCUT2D eigenvalue weighted by Gasteiger charge is 2.18. The van der Waals surface area contributed by atoms with Crippen LogP contribution in [0.25, 0.3) is 0 Å². The molecule has 0 spiro atoms. The Morgan fingerprint density at radius 3 is 2.20 bits per heavy atom. The summed E-state index contributed by atoms with van der Waals surface area (Å²) in [5.41, 5.74) is 3.16. The number of para-hydroxylation sites is 1. The van der Waals surface area contributed by atoms with Gasteiger partial charge in [-0.05, 0) is 73.9 Å². The van der Waals surface area contributed by atoms with Gasteiger partial charge >= 0.3 is 5.97 Å². The van der Waals surface area contributed by atoms with Crippen LogP contribution in [0.4, 0.5) is 0 Å². The number of carbonyl (C=O) groups excluding carboxylic acids is 2. The van der Waals surface area contributed by atoms with Gasteiger partial charge in [0, 0.05) is 18.4 Å². The van der Waals surface area contributed by atoms with Crippen molar-refractivity contribution in [2.75, 3.05) is 13.7 Å². The van der Waals surface area contributed by atoms with E-state index in [0.717, 1.165) is 16.9 Å². The topological polar surface area (TPSA) is 71.1 Å². The van der Waals surface area contributed by atoms with Crippen LogP contribution in [-0.2, 0) is 16.0 Å². The van der Waals surface area contributed by atoms with E-state index in [9.17, 15) is 9.59 Å². The van der Waals surface area contributed by atoms with Crippen molar-refractivity contribution in [3.05, 3.63) is 119 Å². The van der Waals surface area contributed by atoms with E-state index in [1.54, 1.807) is 30.3 Å². The maximum atomic E-state index is 13.4. The standard InChI is InChI=1S/C34H34O6/c1-24-22-29(16-14-26(24)15-19-33(35)37-3)38-21-20-25(2)39-32-18-17-30(40-28-12-8-5-9-13-28)23-31(32)34(36)27-10-6-4-7-11-27/h4-14,16-18,22-23,25H,15,19-21H2,1-3H3/t25-/m1/s1. The van der Waals surface area contributed by atoms with Crippen LogP contribution < -0.4 is 14.2 Å². The number of methoxy groups -OCH3 is 1. The van der Waals surface area contributed by atoms with E-state index in [1.165, 1.54) is 7.11 Å². The van der Waals surface area contributed by atoms with Gasteiger partial charge in [-0.1, -0.05) is 54.6 Å². The molecule has 0 radical (unpaired) electrons. The van der Waals surface area contributed by atoms with Crippen molar-refractivity contribution < 1.29 is 28.5 Å².